The molecular weight excluding hydrogens is 278 g/mol. The largest absolute Gasteiger partial charge is 0.345 e. The molecule has 2 amide bonds. The molecule has 0 radical (unpaired) electrons. The Morgan fingerprint density at radius 2 is 1.65 bits per heavy atom. The monoisotopic (exact) mass is 299 g/mol. The fraction of sp³-hybridized carbons (Fsp3) is 0.429. The molecule has 0 saturated carbocycles. The molecule has 6 heteroatoms. The highest BCUT2D eigenvalue weighted by atomic mass is 35.5. The molecule has 2 atom stereocenters. The lowest BCUT2D eigenvalue weighted by Crippen LogP contribution is -2.34. The van der Waals surface area contributed by atoms with E-state index in [9.17, 15) is 9.59 Å². The van der Waals surface area contributed by atoms with Crippen LogP contribution in [0.15, 0.2) is 24.3 Å². The molecule has 0 bridgehead atoms. The molecule has 0 spiro atoms. The summed E-state index contributed by atoms with van der Waals surface area (Å²) >= 11 is 0. The van der Waals surface area contributed by atoms with E-state index in [2.05, 4.69) is 5.32 Å². The van der Waals surface area contributed by atoms with Gasteiger partial charge in [-0.3, -0.25) is 9.59 Å². The Morgan fingerprint density at radius 1 is 1.15 bits per heavy atom. The van der Waals surface area contributed by atoms with Crippen LogP contribution in [0.1, 0.15) is 24.2 Å². The summed E-state index contributed by atoms with van der Waals surface area (Å²) in [6.45, 7) is 3.58. The van der Waals surface area contributed by atoms with Crippen LogP contribution < -0.4 is 11.1 Å². The van der Waals surface area contributed by atoms with Gasteiger partial charge in [0.2, 0.25) is 5.91 Å². The maximum atomic E-state index is 11.8. The van der Waals surface area contributed by atoms with Crippen LogP contribution in [0, 0.1) is 5.92 Å². The number of anilines is 1. The van der Waals surface area contributed by atoms with Gasteiger partial charge in [-0.15, -0.1) is 12.4 Å². The van der Waals surface area contributed by atoms with E-state index >= 15 is 0 Å². The van der Waals surface area contributed by atoms with E-state index in [1.54, 1.807) is 52.2 Å². The van der Waals surface area contributed by atoms with Crippen LogP contribution in [0.4, 0.5) is 5.69 Å². The second-order valence-electron chi connectivity index (χ2n) is 4.91. The molecular formula is C14H22ClN3O2. The standard InChI is InChI=1S/C14H21N3O2.ClH/c1-9(10(2)15)13(18)16-12-7-5-11(6-8-12)14(19)17(3)4;/h5-10H,15H2,1-4H3,(H,16,18);1H. The van der Waals surface area contributed by atoms with Gasteiger partial charge < -0.3 is 16.0 Å². The Labute approximate surface area is 125 Å². The van der Waals surface area contributed by atoms with Gasteiger partial charge in [0.1, 0.15) is 0 Å². The van der Waals surface area contributed by atoms with E-state index in [-0.39, 0.29) is 36.2 Å². The molecule has 0 aromatic heterocycles. The zero-order chi connectivity index (χ0) is 14.6. The molecule has 20 heavy (non-hydrogen) atoms. The lowest BCUT2D eigenvalue weighted by atomic mass is 10.0. The molecule has 1 aromatic carbocycles. The predicted octanol–water partition coefficient (Wildman–Crippen LogP) is 1.73. The van der Waals surface area contributed by atoms with Gasteiger partial charge in [0, 0.05) is 31.4 Å². The Balaban J connectivity index is 0.00000361. The van der Waals surface area contributed by atoms with Crippen molar-refractivity contribution in [3.8, 4) is 0 Å². The first-order chi connectivity index (χ1) is 8.82. The minimum Gasteiger partial charge on any atom is -0.345 e. The molecule has 5 nitrogen and oxygen atoms in total. The molecule has 0 aliphatic heterocycles. The number of amides is 2. The van der Waals surface area contributed by atoms with Crippen LogP contribution in [0.2, 0.25) is 0 Å². The quantitative estimate of drug-likeness (QED) is 0.889. The number of carbonyl (C=O) groups excluding carboxylic acids is 2. The summed E-state index contributed by atoms with van der Waals surface area (Å²) in [6.07, 6.45) is 0. The highest BCUT2D eigenvalue weighted by molar-refractivity contribution is 5.96. The van der Waals surface area contributed by atoms with Crippen molar-refractivity contribution in [2.75, 3.05) is 19.4 Å². The molecule has 0 heterocycles. The van der Waals surface area contributed by atoms with Crippen LogP contribution >= 0.6 is 12.4 Å². The molecule has 0 fully saturated rings. The summed E-state index contributed by atoms with van der Waals surface area (Å²) in [5.74, 6) is -0.452. The van der Waals surface area contributed by atoms with Crippen LogP contribution in [0.5, 0.6) is 0 Å². The molecule has 3 N–H and O–H groups in total. The molecule has 112 valence electrons. The van der Waals surface area contributed by atoms with Gasteiger partial charge in [-0.05, 0) is 31.2 Å². The van der Waals surface area contributed by atoms with E-state index in [4.69, 9.17) is 5.73 Å². The Bertz CT molecular complexity index is 458. The topological polar surface area (TPSA) is 75.4 Å². The van der Waals surface area contributed by atoms with Gasteiger partial charge in [0.25, 0.3) is 5.91 Å². The number of hydrogen-bond donors (Lipinski definition) is 2. The molecule has 2 unspecified atom stereocenters. The van der Waals surface area contributed by atoms with E-state index in [1.807, 2.05) is 0 Å². The van der Waals surface area contributed by atoms with Crippen LogP contribution in [-0.4, -0.2) is 36.9 Å². The average molecular weight is 300 g/mol. The highest BCUT2D eigenvalue weighted by Crippen LogP contribution is 2.12. The normalized spacial score (nSPS) is 12.8. The molecule has 1 rings (SSSR count). The Hall–Kier alpha value is -1.59. The van der Waals surface area contributed by atoms with Crippen LogP contribution in [0.25, 0.3) is 0 Å². The second-order valence-corrected chi connectivity index (χ2v) is 4.91. The SMILES string of the molecule is CC(N)C(C)C(=O)Nc1ccc(C(=O)N(C)C)cc1.Cl. The van der Waals surface area contributed by atoms with E-state index < -0.39 is 0 Å². The van der Waals surface area contributed by atoms with Crippen molar-refractivity contribution < 1.29 is 9.59 Å². The third-order valence-corrected chi connectivity index (χ3v) is 3.01. The van der Waals surface area contributed by atoms with E-state index in [0.717, 1.165) is 0 Å². The van der Waals surface area contributed by atoms with Crippen molar-refractivity contribution in [3.05, 3.63) is 29.8 Å². The minimum absolute atomic E-state index is 0. The van der Waals surface area contributed by atoms with Crippen molar-refractivity contribution >= 4 is 29.9 Å². The first-order valence-corrected chi connectivity index (χ1v) is 6.21. The molecule has 0 saturated heterocycles. The number of rotatable bonds is 4. The first kappa shape index (κ1) is 18.4. The van der Waals surface area contributed by atoms with Gasteiger partial charge in [0.05, 0.1) is 5.92 Å². The third-order valence-electron chi connectivity index (χ3n) is 3.01. The van der Waals surface area contributed by atoms with Gasteiger partial charge in [-0.2, -0.15) is 0 Å². The van der Waals surface area contributed by atoms with Crippen LogP contribution in [0.3, 0.4) is 0 Å². The van der Waals surface area contributed by atoms with Gasteiger partial charge in [0.15, 0.2) is 0 Å². The molecule has 0 aliphatic carbocycles. The van der Waals surface area contributed by atoms with Gasteiger partial charge >= 0.3 is 0 Å². The number of nitrogens with two attached hydrogens (primary N) is 1. The number of nitrogens with zero attached hydrogens (tertiary/aromatic N) is 1. The number of carbonyl (C=O) groups is 2. The van der Waals surface area contributed by atoms with Gasteiger partial charge in [-0.1, -0.05) is 6.92 Å². The van der Waals surface area contributed by atoms with Gasteiger partial charge in [-0.25, -0.2) is 0 Å². The lowest BCUT2D eigenvalue weighted by Gasteiger charge is -2.15. The van der Waals surface area contributed by atoms with E-state index in [0.29, 0.717) is 11.3 Å². The zero-order valence-corrected chi connectivity index (χ0v) is 13.0. The summed E-state index contributed by atoms with van der Waals surface area (Å²) in [5, 5.41) is 2.77. The van der Waals surface area contributed by atoms with Crippen molar-refractivity contribution in [1.82, 2.24) is 4.90 Å². The predicted molar refractivity (Wildman–Crippen MR) is 83.2 cm³/mol. The Morgan fingerprint density at radius 3 is 2.05 bits per heavy atom. The first-order valence-electron chi connectivity index (χ1n) is 6.21. The maximum absolute atomic E-state index is 11.8. The molecule has 1 aromatic rings. The third kappa shape index (κ3) is 4.83. The summed E-state index contributed by atoms with van der Waals surface area (Å²) in [5.41, 5.74) is 6.92. The van der Waals surface area contributed by atoms with Crippen LogP contribution in [-0.2, 0) is 4.79 Å². The smallest absolute Gasteiger partial charge is 0.253 e. The summed E-state index contributed by atoms with van der Waals surface area (Å²) < 4.78 is 0. The molecule has 0 aliphatic rings. The van der Waals surface area contributed by atoms with Crippen molar-refractivity contribution in [3.63, 3.8) is 0 Å². The summed E-state index contributed by atoms with van der Waals surface area (Å²) in [6, 6.07) is 6.60. The number of hydrogen-bond acceptors (Lipinski definition) is 3. The number of halogens is 1. The average Bonchev–Trinajstić information content (AvgIpc) is 2.37. The zero-order valence-electron chi connectivity index (χ0n) is 12.2. The van der Waals surface area contributed by atoms with Crippen molar-refractivity contribution in [2.24, 2.45) is 11.7 Å². The van der Waals surface area contributed by atoms with E-state index in [1.165, 1.54) is 4.90 Å². The number of benzene rings is 1. The second kappa shape index (κ2) is 7.87. The van der Waals surface area contributed by atoms with Crippen molar-refractivity contribution in [2.45, 2.75) is 19.9 Å². The highest BCUT2D eigenvalue weighted by Gasteiger charge is 2.17. The number of nitrogens with one attached hydrogen (secondary N) is 1. The minimum atomic E-state index is -0.261. The summed E-state index contributed by atoms with van der Waals surface area (Å²) in [7, 11) is 3.39. The lowest BCUT2D eigenvalue weighted by molar-refractivity contribution is -0.119. The Kier molecular flexibility index (Phi) is 7.24. The maximum Gasteiger partial charge on any atom is 0.253 e. The fourth-order valence-electron chi connectivity index (χ4n) is 1.45. The fourth-order valence-corrected chi connectivity index (χ4v) is 1.45. The summed E-state index contributed by atoms with van der Waals surface area (Å²) in [4.78, 5) is 25.0. The van der Waals surface area contributed by atoms with Crippen molar-refractivity contribution in [1.29, 1.82) is 0 Å².